The average Bonchev–Trinajstić information content (AvgIpc) is 2.32. The molecule has 0 saturated heterocycles. The summed E-state index contributed by atoms with van der Waals surface area (Å²) in [5, 5.41) is 21.7. The highest BCUT2D eigenvalue weighted by Gasteiger charge is 2.27. The second-order valence-corrected chi connectivity index (χ2v) is 3.62. The Kier molecular flexibility index (Phi) is 7.12. The minimum absolute atomic E-state index is 0.597. The van der Waals surface area contributed by atoms with E-state index in [0.29, 0.717) is 0 Å². The van der Waals surface area contributed by atoms with E-state index in [2.05, 4.69) is 15.4 Å². The predicted molar refractivity (Wildman–Crippen MR) is 60.9 cm³/mol. The lowest BCUT2D eigenvalue weighted by atomic mass is 10.1. The number of ether oxygens (including phenoxy) is 1. The standard InChI is InChI=1S/C10H16N2O7/c1-5(14)11-6(3-8(15)16)9(17)12-7(4-13)10(18)19-2/h6-7,13H,3-4H2,1-2H3,(H,11,14)(H,12,17)(H,15,16)/t6-,7-/m0/s1. The second kappa shape index (κ2) is 8.03. The third kappa shape index (κ3) is 6.36. The SMILES string of the molecule is COC(=O)[C@H](CO)NC(=O)[C@H](CC(=O)O)NC(C)=O. The Balaban J connectivity index is 4.73. The van der Waals surface area contributed by atoms with Gasteiger partial charge in [-0.15, -0.1) is 0 Å². The van der Waals surface area contributed by atoms with Gasteiger partial charge in [-0.2, -0.15) is 0 Å². The van der Waals surface area contributed by atoms with E-state index in [1.165, 1.54) is 0 Å². The molecule has 0 aromatic rings. The second-order valence-electron chi connectivity index (χ2n) is 3.62. The summed E-state index contributed by atoms with van der Waals surface area (Å²) in [5.74, 6) is -3.68. The summed E-state index contributed by atoms with van der Waals surface area (Å²) in [6, 6.07) is -2.66. The van der Waals surface area contributed by atoms with Crippen LogP contribution in [0.1, 0.15) is 13.3 Å². The van der Waals surface area contributed by atoms with E-state index >= 15 is 0 Å². The van der Waals surface area contributed by atoms with Crippen LogP contribution in [0.3, 0.4) is 0 Å². The molecule has 0 unspecified atom stereocenters. The van der Waals surface area contributed by atoms with Gasteiger partial charge in [0.25, 0.3) is 0 Å². The smallest absolute Gasteiger partial charge is 0.330 e. The fourth-order valence-electron chi connectivity index (χ4n) is 1.22. The van der Waals surface area contributed by atoms with Crippen molar-refractivity contribution >= 4 is 23.8 Å². The lowest BCUT2D eigenvalue weighted by Crippen LogP contribution is -2.53. The van der Waals surface area contributed by atoms with Gasteiger partial charge in [-0.3, -0.25) is 14.4 Å². The van der Waals surface area contributed by atoms with Gasteiger partial charge in [0.1, 0.15) is 6.04 Å². The number of aliphatic carboxylic acids is 1. The van der Waals surface area contributed by atoms with E-state index in [0.717, 1.165) is 14.0 Å². The maximum atomic E-state index is 11.7. The number of hydrogen-bond acceptors (Lipinski definition) is 6. The van der Waals surface area contributed by atoms with Crippen LogP contribution in [-0.2, 0) is 23.9 Å². The van der Waals surface area contributed by atoms with Crippen molar-refractivity contribution in [2.24, 2.45) is 0 Å². The minimum atomic E-state index is -1.34. The zero-order chi connectivity index (χ0) is 15.0. The number of carbonyl (C=O) groups excluding carboxylic acids is 3. The number of carbonyl (C=O) groups is 4. The number of carboxylic acids is 1. The summed E-state index contributed by atoms with van der Waals surface area (Å²) in [6.45, 7) is 0.407. The molecule has 0 aliphatic rings. The van der Waals surface area contributed by atoms with Crippen molar-refractivity contribution < 1.29 is 34.1 Å². The van der Waals surface area contributed by atoms with Crippen LogP contribution in [0.4, 0.5) is 0 Å². The Labute approximate surface area is 108 Å². The molecule has 0 aromatic heterocycles. The van der Waals surface area contributed by atoms with Crippen LogP contribution in [0, 0.1) is 0 Å². The first kappa shape index (κ1) is 16.8. The number of esters is 1. The average molecular weight is 276 g/mol. The van der Waals surface area contributed by atoms with Crippen molar-refractivity contribution in [3.05, 3.63) is 0 Å². The normalized spacial score (nSPS) is 13.0. The molecule has 2 atom stereocenters. The van der Waals surface area contributed by atoms with Gasteiger partial charge in [0.15, 0.2) is 6.04 Å². The lowest BCUT2D eigenvalue weighted by molar-refractivity contribution is -0.146. The van der Waals surface area contributed by atoms with Crippen molar-refractivity contribution in [1.29, 1.82) is 0 Å². The number of hydrogen-bond donors (Lipinski definition) is 4. The minimum Gasteiger partial charge on any atom is -0.481 e. The monoisotopic (exact) mass is 276 g/mol. The zero-order valence-electron chi connectivity index (χ0n) is 10.5. The molecule has 108 valence electrons. The van der Waals surface area contributed by atoms with E-state index < -0.39 is 48.9 Å². The number of rotatable bonds is 7. The van der Waals surface area contributed by atoms with Crippen LogP contribution in [0.15, 0.2) is 0 Å². The number of amides is 2. The Bertz CT molecular complexity index is 353. The third-order valence-corrected chi connectivity index (χ3v) is 2.06. The van der Waals surface area contributed by atoms with Gasteiger partial charge >= 0.3 is 11.9 Å². The molecular formula is C10H16N2O7. The molecule has 0 rings (SSSR count). The number of aliphatic hydroxyl groups excluding tert-OH is 1. The Morgan fingerprint density at radius 3 is 2.11 bits per heavy atom. The molecule has 0 saturated carbocycles. The summed E-state index contributed by atoms with van der Waals surface area (Å²) in [7, 11) is 1.07. The van der Waals surface area contributed by atoms with Gasteiger partial charge in [-0.25, -0.2) is 4.79 Å². The van der Waals surface area contributed by atoms with E-state index in [1.54, 1.807) is 0 Å². The Hall–Kier alpha value is -2.16. The van der Waals surface area contributed by atoms with E-state index in [1.807, 2.05) is 0 Å². The highest BCUT2D eigenvalue weighted by atomic mass is 16.5. The molecule has 9 nitrogen and oxygen atoms in total. The largest absolute Gasteiger partial charge is 0.481 e. The molecule has 0 spiro atoms. The van der Waals surface area contributed by atoms with Crippen LogP contribution in [0.5, 0.6) is 0 Å². The number of methoxy groups -OCH3 is 1. The predicted octanol–water partition coefficient (Wildman–Crippen LogP) is -2.38. The number of nitrogens with one attached hydrogen (secondary N) is 2. The summed E-state index contributed by atoms with van der Waals surface area (Å²) in [4.78, 5) is 44.3. The number of aliphatic hydroxyl groups is 1. The van der Waals surface area contributed by atoms with Crippen molar-refractivity contribution in [2.75, 3.05) is 13.7 Å². The van der Waals surface area contributed by atoms with Crippen LogP contribution in [0.25, 0.3) is 0 Å². The molecule has 0 aromatic carbocycles. The van der Waals surface area contributed by atoms with Gasteiger partial charge < -0.3 is 25.6 Å². The van der Waals surface area contributed by atoms with Gasteiger partial charge in [-0.1, -0.05) is 0 Å². The molecule has 0 radical (unpaired) electrons. The summed E-state index contributed by atoms with van der Waals surface area (Å²) >= 11 is 0. The van der Waals surface area contributed by atoms with Gasteiger partial charge in [0.05, 0.1) is 20.1 Å². The van der Waals surface area contributed by atoms with Crippen LogP contribution < -0.4 is 10.6 Å². The van der Waals surface area contributed by atoms with Crippen molar-refractivity contribution in [1.82, 2.24) is 10.6 Å². The van der Waals surface area contributed by atoms with Crippen molar-refractivity contribution in [3.63, 3.8) is 0 Å². The zero-order valence-corrected chi connectivity index (χ0v) is 10.5. The summed E-state index contributed by atoms with van der Waals surface area (Å²) < 4.78 is 4.33. The number of carboxylic acid groups (broad SMARTS) is 1. The van der Waals surface area contributed by atoms with Gasteiger partial charge in [0, 0.05) is 6.92 Å². The Morgan fingerprint density at radius 1 is 1.16 bits per heavy atom. The first-order chi connectivity index (χ1) is 8.81. The fraction of sp³-hybridized carbons (Fsp3) is 0.600. The van der Waals surface area contributed by atoms with Gasteiger partial charge in [0.2, 0.25) is 11.8 Å². The molecule has 4 N–H and O–H groups in total. The fourth-order valence-corrected chi connectivity index (χ4v) is 1.22. The molecule has 0 heterocycles. The van der Waals surface area contributed by atoms with Gasteiger partial charge in [-0.05, 0) is 0 Å². The summed E-state index contributed by atoms with van der Waals surface area (Å²) in [6.07, 6.45) is -0.648. The molecule has 0 aliphatic carbocycles. The maximum absolute atomic E-state index is 11.7. The molecule has 0 bridgehead atoms. The lowest BCUT2D eigenvalue weighted by Gasteiger charge is -2.19. The third-order valence-electron chi connectivity index (χ3n) is 2.06. The highest BCUT2D eigenvalue weighted by molar-refractivity contribution is 5.92. The van der Waals surface area contributed by atoms with E-state index in [9.17, 15) is 19.2 Å². The first-order valence-corrected chi connectivity index (χ1v) is 5.29. The molecule has 0 aliphatic heterocycles. The maximum Gasteiger partial charge on any atom is 0.330 e. The molecule has 19 heavy (non-hydrogen) atoms. The summed E-state index contributed by atoms with van der Waals surface area (Å²) in [5.41, 5.74) is 0. The molecular weight excluding hydrogens is 260 g/mol. The topological polar surface area (TPSA) is 142 Å². The Morgan fingerprint density at radius 2 is 1.74 bits per heavy atom. The van der Waals surface area contributed by atoms with Crippen molar-refractivity contribution in [2.45, 2.75) is 25.4 Å². The van der Waals surface area contributed by atoms with Crippen LogP contribution >= 0.6 is 0 Å². The van der Waals surface area contributed by atoms with Crippen molar-refractivity contribution in [3.8, 4) is 0 Å². The molecule has 9 heteroatoms. The van der Waals surface area contributed by atoms with E-state index in [4.69, 9.17) is 10.2 Å². The molecule has 0 fully saturated rings. The van der Waals surface area contributed by atoms with E-state index in [-0.39, 0.29) is 0 Å². The molecule has 2 amide bonds. The highest BCUT2D eigenvalue weighted by Crippen LogP contribution is 1.96. The quantitative estimate of drug-likeness (QED) is 0.380. The first-order valence-electron chi connectivity index (χ1n) is 5.29. The van der Waals surface area contributed by atoms with Crippen LogP contribution in [0.2, 0.25) is 0 Å². The van der Waals surface area contributed by atoms with Crippen LogP contribution in [-0.4, -0.2) is 59.8 Å².